The normalized spacial score (nSPS) is 32.2. The molecule has 3 rings (SSSR count). The van der Waals surface area contributed by atoms with Crippen LogP contribution in [0.2, 0.25) is 0 Å². The molecule has 0 bridgehead atoms. The molecule has 6 atom stereocenters. The lowest BCUT2D eigenvalue weighted by Crippen LogP contribution is -2.48. The van der Waals surface area contributed by atoms with Crippen molar-refractivity contribution in [1.82, 2.24) is 0 Å². The third-order valence-electron chi connectivity index (χ3n) is 7.67. The van der Waals surface area contributed by atoms with Crippen LogP contribution in [0.3, 0.4) is 0 Å². The van der Waals surface area contributed by atoms with Crippen molar-refractivity contribution in [2.75, 3.05) is 7.11 Å². The molecule has 176 valence electrons. The maximum absolute atomic E-state index is 11.2. The van der Waals surface area contributed by atoms with Gasteiger partial charge in [-0.3, -0.25) is 4.79 Å². The molecule has 1 heterocycles. The lowest BCUT2D eigenvalue weighted by molar-refractivity contribution is -0.140. The summed E-state index contributed by atoms with van der Waals surface area (Å²) in [6.07, 6.45) is 17.8. The van der Waals surface area contributed by atoms with Gasteiger partial charge in [-0.2, -0.15) is 5.26 Å². The molecule has 2 N–H and O–H groups in total. The number of carbonyl (C=O) groups is 1. The van der Waals surface area contributed by atoms with E-state index < -0.39 is 6.10 Å². The summed E-state index contributed by atoms with van der Waals surface area (Å²) in [6.45, 7) is 0. The fourth-order valence-electron chi connectivity index (χ4n) is 5.53. The van der Waals surface area contributed by atoms with Crippen LogP contribution in [0.4, 0.5) is 0 Å². The number of aliphatic hydroxyl groups excluding tert-OH is 2. The van der Waals surface area contributed by atoms with Gasteiger partial charge < -0.3 is 14.9 Å². The summed E-state index contributed by atoms with van der Waals surface area (Å²) in [5.41, 5.74) is 0.0221. The second kappa shape index (κ2) is 12.1. The number of carbonyl (C=O) groups excluding carboxylic acids is 1. The van der Waals surface area contributed by atoms with Crippen LogP contribution in [0.1, 0.15) is 64.2 Å². The molecular weight excluding hydrogens is 422 g/mol. The number of rotatable bonds is 11. The van der Waals surface area contributed by atoms with Crippen molar-refractivity contribution >= 4 is 17.7 Å². The first-order valence-electron chi connectivity index (χ1n) is 12.0. The van der Waals surface area contributed by atoms with Crippen molar-refractivity contribution in [2.24, 2.45) is 23.2 Å². The van der Waals surface area contributed by atoms with Crippen LogP contribution >= 0.6 is 11.8 Å². The van der Waals surface area contributed by atoms with Crippen LogP contribution in [0, 0.1) is 34.5 Å². The zero-order chi connectivity index (χ0) is 23.0. The fraction of sp³-hybridized carbons (Fsp3) is 0.692. The van der Waals surface area contributed by atoms with Gasteiger partial charge in [0.25, 0.3) is 0 Å². The molecule has 2 fully saturated rings. The Morgan fingerprint density at radius 3 is 2.81 bits per heavy atom. The highest BCUT2D eigenvalue weighted by Crippen LogP contribution is 2.54. The first-order valence-corrected chi connectivity index (χ1v) is 12.9. The molecule has 2 aliphatic carbocycles. The van der Waals surface area contributed by atoms with E-state index in [4.69, 9.17) is 0 Å². The highest BCUT2D eigenvalue weighted by atomic mass is 32.2. The summed E-state index contributed by atoms with van der Waals surface area (Å²) in [7, 11) is 1.40. The SMILES string of the molecule is COC(=O)CCC/C=C\C[C@H]1C(C#N)C[C@@H](O)C1/C=C/CC(O)C1(C2CC=CS2)CCC1. The van der Waals surface area contributed by atoms with Crippen LogP contribution < -0.4 is 0 Å². The number of nitrogens with zero attached hydrogens (tertiary/aromatic N) is 1. The van der Waals surface area contributed by atoms with E-state index in [9.17, 15) is 20.3 Å². The molecule has 5 nitrogen and oxygen atoms in total. The Kier molecular flexibility index (Phi) is 9.46. The van der Waals surface area contributed by atoms with Gasteiger partial charge in [0.05, 0.1) is 31.3 Å². The van der Waals surface area contributed by atoms with Crippen molar-refractivity contribution in [3.05, 3.63) is 35.8 Å². The highest BCUT2D eigenvalue weighted by molar-refractivity contribution is 8.03. The van der Waals surface area contributed by atoms with Crippen LogP contribution in [0.5, 0.6) is 0 Å². The summed E-state index contributed by atoms with van der Waals surface area (Å²) < 4.78 is 4.65. The lowest BCUT2D eigenvalue weighted by Gasteiger charge is -2.49. The van der Waals surface area contributed by atoms with Gasteiger partial charge in [-0.15, -0.1) is 11.8 Å². The molecule has 0 aromatic heterocycles. The van der Waals surface area contributed by atoms with Crippen LogP contribution in [0.25, 0.3) is 0 Å². The van der Waals surface area contributed by atoms with E-state index in [-0.39, 0.29) is 35.2 Å². The standard InChI is InChI=1S/C26H37NO4S/c1-31-25(30)13-5-3-2-4-9-20-19(18-27)17-22(28)21(20)10-6-11-23(29)26(14-8-15-26)24-12-7-16-32-24/h2,4,6-7,10,16,19-24,28-29H,3,5,8-9,11-15,17H2,1H3/b4-2-,10-6+/t19?,20-,21?,22+,23?,24?/m0/s1. The van der Waals surface area contributed by atoms with Crippen molar-refractivity contribution in [2.45, 2.75) is 81.7 Å². The molecule has 4 unspecified atom stereocenters. The quantitative estimate of drug-likeness (QED) is 0.259. The fourth-order valence-corrected chi connectivity index (χ4v) is 6.83. The van der Waals surface area contributed by atoms with Crippen molar-refractivity contribution in [3.63, 3.8) is 0 Å². The van der Waals surface area contributed by atoms with Crippen LogP contribution in [-0.4, -0.2) is 40.8 Å². The molecule has 0 saturated heterocycles. The highest BCUT2D eigenvalue weighted by Gasteiger charge is 2.49. The molecular formula is C26H37NO4S. The average Bonchev–Trinajstić information content (AvgIpc) is 3.38. The number of methoxy groups -OCH3 is 1. The van der Waals surface area contributed by atoms with Crippen LogP contribution in [0.15, 0.2) is 35.8 Å². The predicted molar refractivity (Wildman–Crippen MR) is 128 cm³/mol. The Labute approximate surface area is 196 Å². The molecule has 1 aliphatic heterocycles. The first kappa shape index (κ1) is 25.1. The second-order valence-corrected chi connectivity index (χ2v) is 10.6. The zero-order valence-electron chi connectivity index (χ0n) is 19.1. The zero-order valence-corrected chi connectivity index (χ0v) is 19.9. The van der Waals surface area contributed by atoms with E-state index >= 15 is 0 Å². The number of nitriles is 1. The number of thioether (sulfide) groups is 1. The Balaban J connectivity index is 1.53. The van der Waals surface area contributed by atoms with E-state index in [1.807, 2.05) is 23.9 Å². The summed E-state index contributed by atoms with van der Waals surface area (Å²) in [6, 6.07) is 2.38. The molecule has 6 heteroatoms. The van der Waals surface area contributed by atoms with Gasteiger partial charge in [-0.05, 0) is 62.7 Å². The number of ether oxygens (including phenoxy) is 1. The largest absolute Gasteiger partial charge is 0.469 e. The topological polar surface area (TPSA) is 90.6 Å². The van der Waals surface area contributed by atoms with E-state index in [0.29, 0.717) is 24.5 Å². The van der Waals surface area contributed by atoms with Gasteiger partial charge in [0.1, 0.15) is 0 Å². The van der Waals surface area contributed by atoms with Crippen molar-refractivity contribution in [3.8, 4) is 6.07 Å². The molecule has 0 radical (unpaired) electrons. The van der Waals surface area contributed by atoms with Crippen molar-refractivity contribution in [1.29, 1.82) is 5.26 Å². The van der Waals surface area contributed by atoms with Gasteiger partial charge in [-0.1, -0.05) is 36.8 Å². The minimum absolute atomic E-state index is 0.0221. The van der Waals surface area contributed by atoms with Gasteiger partial charge >= 0.3 is 5.97 Å². The maximum atomic E-state index is 11.2. The van der Waals surface area contributed by atoms with Gasteiger partial charge in [0.2, 0.25) is 0 Å². The Morgan fingerprint density at radius 1 is 1.38 bits per heavy atom. The summed E-state index contributed by atoms with van der Waals surface area (Å²) in [5, 5.41) is 33.8. The molecule has 32 heavy (non-hydrogen) atoms. The number of aliphatic hydroxyl groups is 2. The molecule has 0 spiro atoms. The number of unbranched alkanes of at least 4 members (excludes halogenated alkanes) is 1. The summed E-state index contributed by atoms with van der Waals surface area (Å²) in [5.74, 6) is -0.345. The van der Waals surface area contributed by atoms with Crippen molar-refractivity contribution < 1.29 is 19.7 Å². The Bertz CT molecular complexity index is 743. The number of esters is 1. The van der Waals surface area contributed by atoms with E-state index in [2.05, 4.69) is 34.4 Å². The second-order valence-electron chi connectivity index (χ2n) is 9.45. The lowest BCUT2D eigenvalue weighted by atomic mass is 9.61. The minimum atomic E-state index is -0.516. The summed E-state index contributed by atoms with van der Waals surface area (Å²) >= 11 is 1.86. The number of hydrogen-bond acceptors (Lipinski definition) is 6. The van der Waals surface area contributed by atoms with E-state index in [1.165, 1.54) is 13.5 Å². The Hall–Kier alpha value is -1.55. The Morgan fingerprint density at radius 2 is 2.19 bits per heavy atom. The number of hydrogen-bond donors (Lipinski definition) is 2. The van der Waals surface area contributed by atoms with E-state index in [0.717, 1.165) is 38.5 Å². The average molecular weight is 460 g/mol. The molecule has 0 aromatic carbocycles. The molecule has 0 aromatic rings. The number of allylic oxidation sites excluding steroid dienone is 3. The minimum Gasteiger partial charge on any atom is -0.469 e. The van der Waals surface area contributed by atoms with Gasteiger partial charge in [-0.25, -0.2) is 0 Å². The maximum Gasteiger partial charge on any atom is 0.305 e. The smallest absolute Gasteiger partial charge is 0.305 e. The molecule has 3 aliphatic rings. The molecule has 0 amide bonds. The van der Waals surface area contributed by atoms with Gasteiger partial charge in [0.15, 0.2) is 0 Å². The first-order chi connectivity index (χ1) is 15.5. The third kappa shape index (κ3) is 5.87. The monoisotopic (exact) mass is 459 g/mol. The van der Waals surface area contributed by atoms with Crippen LogP contribution in [-0.2, 0) is 9.53 Å². The van der Waals surface area contributed by atoms with Gasteiger partial charge in [0, 0.05) is 23.0 Å². The predicted octanol–water partition coefficient (Wildman–Crippen LogP) is 4.91. The van der Waals surface area contributed by atoms with E-state index in [1.54, 1.807) is 0 Å². The molecule has 2 saturated carbocycles. The summed E-state index contributed by atoms with van der Waals surface area (Å²) in [4.78, 5) is 11.2. The third-order valence-corrected chi connectivity index (χ3v) is 9.01.